The third-order valence-corrected chi connectivity index (χ3v) is 5.23. The Bertz CT molecular complexity index is 1170. The van der Waals surface area contributed by atoms with E-state index in [-0.39, 0.29) is 24.8 Å². The number of hydrogen-bond acceptors (Lipinski definition) is 2. The number of hydrogen-bond donors (Lipinski definition) is 1. The van der Waals surface area contributed by atoms with Crippen molar-refractivity contribution in [3.63, 3.8) is 0 Å². The minimum atomic E-state index is -0.383. The maximum atomic E-state index is 14.3. The van der Waals surface area contributed by atoms with Gasteiger partial charge >= 0.3 is 0 Å². The van der Waals surface area contributed by atoms with Crippen molar-refractivity contribution in [2.45, 2.75) is 13.1 Å². The number of rotatable bonds is 5. The van der Waals surface area contributed by atoms with Gasteiger partial charge in [-0.15, -0.1) is 0 Å². The number of nitrogens with one attached hydrogen (secondary N) is 1. The Labute approximate surface area is 176 Å². The number of benzene rings is 3. The van der Waals surface area contributed by atoms with Gasteiger partial charge in [-0.25, -0.2) is 9.37 Å². The van der Waals surface area contributed by atoms with Gasteiger partial charge in [0, 0.05) is 21.2 Å². The third kappa shape index (κ3) is 4.11. The normalized spacial score (nSPS) is 11.0. The van der Waals surface area contributed by atoms with Crippen molar-refractivity contribution in [1.29, 1.82) is 0 Å². The van der Waals surface area contributed by atoms with Gasteiger partial charge in [0.15, 0.2) is 0 Å². The monoisotopic (exact) mass is 427 g/mol. The molecule has 4 aromatic rings. The second-order valence-corrected chi connectivity index (χ2v) is 7.34. The van der Waals surface area contributed by atoms with Gasteiger partial charge < -0.3 is 9.88 Å². The summed E-state index contributed by atoms with van der Waals surface area (Å²) < 4.78 is 16.2. The summed E-state index contributed by atoms with van der Waals surface area (Å²) in [4.78, 5) is 17.1. The molecule has 4 rings (SSSR count). The molecule has 0 bridgehead atoms. The van der Waals surface area contributed by atoms with Crippen LogP contribution in [0.4, 0.5) is 4.39 Å². The van der Waals surface area contributed by atoms with Crippen LogP contribution in [0.1, 0.15) is 21.7 Å². The van der Waals surface area contributed by atoms with Crippen LogP contribution in [-0.4, -0.2) is 15.5 Å². The first-order valence-electron chi connectivity index (χ1n) is 8.94. The largest absolute Gasteiger partial charge is 0.345 e. The summed E-state index contributed by atoms with van der Waals surface area (Å²) in [5, 5.41) is 3.77. The van der Waals surface area contributed by atoms with Crippen LogP contribution in [-0.2, 0) is 13.1 Å². The molecular weight excluding hydrogens is 412 g/mol. The Hall–Kier alpha value is -2.89. The molecular formula is C22H16Cl2FN3O. The summed E-state index contributed by atoms with van der Waals surface area (Å²) in [6, 6.07) is 18.8. The highest BCUT2D eigenvalue weighted by molar-refractivity contribution is 6.31. The van der Waals surface area contributed by atoms with Gasteiger partial charge in [-0.05, 0) is 48.5 Å². The maximum absolute atomic E-state index is 14.3. The number of nitrogens with zero attached hydrogens (tertiary/aromatic N) is 2. The predicted molar refractivity (Wildman–Crippen MR) is 113 cm³/mol. The van der Waals surface area contributed by atoms with E-state index in [0.29, 0.717) is 27.0 Å². The second kappa shape index (κ2) is 8.23. The lowest BCUT2D eigenvalue weighted by atomic mass is 10.2. The lowest BCUT2D eigenvalue weighted by Crippen LogP contribution is -2.25. The van der Waals surface area contributed by atoms with Crippen LogP contribution >= 0.6 is 23.2 Å². The van der Waals surface area contributed by atoms with Crippen molar-refractivity contribution in [3.05, 3.63) is 99.5 Å². The van der Waals surface area contributed by atoms with E-state index in [1.165, 1.54) is 6.07 Å². The first-order valence-corrected chi connectivity index (χ1v) is 9.69. The molecule has 146 valence electrons. The van der Waals surface area contributed by atoms with Gasteiger partial charge in [0.25, 0.3) is 5.91 Å². The van der Waals surface area contributed by atoms with E-state index >= 15 is 0 Å². The van der Waals surface area contributed by atoms with Crippen LogP contribution in [0, 0.1) is 5.82 Å². The smallest absolute Gasteiger partial charge is 0.251 e. The molecule has 3 aromatic carbocycles. The van der Waals surface area contributed by atoms with Crippen molar-refractivity contribution in [2.75, 3.05) is 0 Å². The van der Waals surface area contributed by atoms with Crippen LogP contribution < -0.4 is 5.32 Å². The van der Waals surface area contributed by atoms with Gasteiger partial charge in [-0.3, -0.25) is 4.79 Å². The number of carbonyl (C=O) groups excluding carboxylic acids is 1. The zero-order valence-corrected chi connectivity index (χ0v) is 16.7. The fourth-order valence-corrected chi connectivity index (χ4v) is 3.49. The van der Waals surface area contributed by atoms with Crippen LogP contribution in [0.3, 0.4) is 0 Å². The molecule has 1 aromatic heterocycles. The van der Waals surface area contributed by atoms with E-state index in [0.717, 1.165) is 11.0 Å². The van der Waals surface area contributed by atoms with E-state index in [4.69, 9.17) is 23.2 Å². The molecule has 29 heavy (non-hydrogen) atoms. The lowest BCUT2D eigenvalue weighted by molar-refractivity contribution is 0.0949. The number of halogens is 3. The van der Waals surface area contributed by atoms with E-state index in [1.807, 2.05) is 28.8 Å². The van der Waals surface area contributed by atoms with Crippen LogP contribution in [0.15, 0.2) is 66.7 Å². The summed E-state index contributed by atoms with van der Waals surface area (Å²) in [6.45, 7) is 0.389. The van der Waals surface area contributed by atoms with E-state index in [1.54, 1.807) is 36.4 Å². The Morgan fingerprint density at radius 1 is 1.00 bits per heavy atom. The van der Waals surface area contributed by atoms with E-state index < -0.39 is 0 Å². The summed E-state index contributed by atoms with van der Waals surface area (Å²) in [5.41, 5.74) is 2.47. The third-order valence-electron chi connectivity index (χ3n) is 4.62. The number of fused-ring (bicyclic) bond motifs is 1. The molecule has 0 aliphatic rings. The van der Waals surface area contributed by atoms with Crippen molar-refractivity contribution < 1.29 is 9.18 Å². The van der Waals surface area contributed by atoms with Gasteiger partial charge in [-0.1, -0.05) is 41.4 Å². The second-order valence-electron chi connectivity index (χ2n) is 6.49. The minimum Gasteiger partial charge on any atom is -0.345 e. The number of imidazole rings is 1. The SMILES string of the molecule is O=C(NCc1nc2ccccc2n1Cc1c(F)cccc1Cl)c1ccc(Cl)cc1. The molecule has 0 aliphatic heterocycles. The van der Waals surface area contributed by atoms with Gasteiger partial charge in [0.2, 0.25) is 0 Å². The predicted octanol–water partition coefficient (Wildman–Crippen LogP) is 5.46. The average molecular weight is 428 g/mol. The van der Waals surface area contributed by atoms with Crippen LogP contribution in [0.2, 0.25) is 10.0 Å². The average Bonchev–Trinajstić information content (AvgIpc) is 3.07. The van der Waals surface area contributed by atoms with Gasteiger partial charge in [-0.2, -0.15) is 0 Å². The van der Waals surface area contributed by atoms with Gasteiger partial charge in [0.05, 0.1) is 24.1 Å². The number of amides is 1. The standard InChI is InChI=1S/C22H16Cl2FN3O/c23-15-10-8-14(9-11-15)22(29)26-12-21-27-19-6-1-2-7-20(19)28(21)13-16-17(24)4-3-5-18(16)25/h1-11H,12-13H2,(H,26,29). The van der Waals surface area contributed by atoms with E-state index in [2.05, 4.69) is 10.3 Å². The van der Waals surface area contributed by atoms with Gasteiger partial charge in [0.1, 0.15) is 11.6 Å². The Morgan fingerprint density at radius 3 is 2.52 bits per heavy atom. The van der Waals surface area contributed by atoms with Crippen LogP contribution in [0.25, 0.3) is 11.0 Å². The molecule has 0 radical (unpaired) electrons. The van der Waals surface area contributed by atoms with Crippen molar-refractivity contribution in [3.8, 4) is 0 Å². The highest BCUT2D eigenvalue weighted by Gasteiger charge is 2.16. The molecule has 0 spiro atoms. The first kappa shape index (κ1) is 19.4. The summed E-state index contributed by atoms with van der Waals surface area (Å²) >= 11 is 12.1. The fraction of sp³-hybridized carbons (Fsp3) is 0.0909. The summed E-state index contributed by atoms with van der Waals surface area (Å²) in [5.74, 6) is -0.0246. The highest BCUT2D eigenvalue weighted by Crippen LogP contribution is 2.24. The Balaban J connectivity index is 1.64. The minimum absolute atomic E-state index is 0.183. The first-order chi connectivity index (χ1) is 14.0. The zero-order chi connectivity index (χ0) is 20.4. The molecule has 0 saturated carbocycles. The molecule has 1 heterocycles. The molecule has 1 amide bonds. The quantitative estimate of drug-likeness (QED) is 0.459. The highest BCUT2D eigenvalue weighted by atomic mass is 35.5. The van der Waals surface area contributed by atoms with Crippen molar-refractivity contribution in [1.82, 2.24) is 14.9 Å². The van der Waals surface area contributed by atoms with Crippen LogP contribution in [0.5, 0.6) is 0 Å². The zero-order valence-electron chi connectivity index (χ0n) is 15.2. The molecule has 0 unspecified atom stereocenters. The number of carbonyl (C=O) groups is 1. The molecule has 1 N–H and O–H groups in total. The lowest BCUT2D eigenvalue weighted by Gasteiger charge is -2.12. The molecule has 0 aliphatic carbocycles. The molecule has 0 fully saturated rings. The topological polar surface area (TPSA) is 46.9 Å². The molecule has 0 atom stereocenters. The number of aromatic nitrogens is 2. The number of para-hydroxylation sites is 2. The van der Waals surface area contributed by atoms with E-state index in [9.17, 15) is 9.18 Å². The Morgan fingerprint density at radius 2 is 1.76 bits per heavy atom. The molecule has 4 nitrogen and oxygen atoms in total. The molecule has 7 heteroatoms. The molecule has 0 saturated heterocycles. The van der Waals surface area contributed by atoms with Crippen molar-refractivity contribution >= 4 is 40.1 Å². The van der Waals surface area contributed by atoms with Crippen molar-refractivity contribution in [2.24, 2.45) is 0 Å². The summed E-state index contributed by atoms with van der Waals surface area (Å²) in [6.07, 6.45) is 0. The summed E-state index contributed by atoms with van der Waals surface area (Å²) in [7, 11) is 0. The maximum Gasteiger partial charge on any atom is 0.251 e. The fourth-order valence-electron chi connectivity index (χ4n) is 3.14. The Kier molecular flexibility index (Phi) is 5.51.